The van der Waals surface area contributed by atoms with Crippen molar-refractivity contribution in [2.75, 3.05) is 0 Å². The average molecular weight is 235 g/mol. The van der Waals surface area contributed by atoms with Gasteiger partial charge < -0.3 is 0 Å². The number of halogens is 4. The van der Waals surface area contributed by atoms with Crippen molar-refractivity contribution >= 4 is 11.6 Å². The lowest BCUT2D eigenvalue weighted by Gasteiger charge is -2.10. The van der Waals surface area contributed by atoms with E-state index in [4.69, 9.17) is 16.9 Å². The van der Waals surface area contributed by atoms with Crippen LogP contribution in [0, 0.1) is 17.3 Å². The molecular formula is C9H6ClF3N2. The smallest absolute Gasteiger partial charge is 0.228 e. The van der Waals surface area contributed by atoms with Crippen molar-refractivity contribution in [3.63, 3.8) is 0 Å². The van der Waals surface area contributed by atoms with E-state index < -0.39 is 24.4 Å². The molecular weight excluding hydrogens is 229 g/mol. The van der Waals surface area contributed by atoms with E-state index in [2.05, 4.69) is 4.98 Å². The summed E-state index contributed by atoms with van der Waals surface area (Å²) in [5, 5.41) is 8.39. The van der Waals surface area contributed by atoms with Gasteiger partial charge in [-0.25, -0.2) is 13.8 Å². The summed E-state index contributed by atoms with van der Waals surface area (Å²) in [7, 11) is 0. The number of rotatable bonds is 3. The molecule has 0 spiro atoms. The molecule has 0 amide bonds. The Labute approximate surface area is 89.3 Å². The van der Waals surface area contributed by atoms with Crippen LogP contribution in [0.3, 0.4) is 0 Å². The first-order valence-electron chi connectivity index (χ1n) is 3.99. The van der Waals surface area contributed by atoms with E-state index in [1.165, 1.54) is 0 Å². The zero-order valence-electron chi connectivity index (χ0n) is 7.48. The summed E-state index contributed by atoms with van der Waals surface area (Å²) >= 11 is 5.42. The minimum Gasteiger partial charge on any atom is -0.228 e. The highest BCUT2D eigenvalue weighted by atomic mass is 35.5. The molecule has 6 heteroatoms. The lowest BCUT2D eigenvalue weighted by molar-refractivity contribution is 0.148. The summed E-state index contributed by atoms with van der Waals surface area (Å²) in [5.41, 5.74) is -0.831. The molecule has 2 nitrogen and oxygen atoms in total. The predicted octanol–water partition coefficient (Wildman–Crippen LogP) is 2.96. The number of hydrogen-bond donors (Lipinski definition) is 0. The number of pyridine rings is 1. The summed E-state index contributed by atoms with van der Waals surface area (Å²) < 4.78 is 38.3. The van der Waals surface area contributed by atoms with Gasteiger partial charge in [0.2, 0.25) is 5.95 Å². The zero-order chi connectivity index (χ0) is 11.4. The molecule has 80 valence electrons. The Morgan fingerprint density at radius 2 is 2.20 bits per heavy atom. The van der Waals surface area contributed by atoms with Crippen LogP contribution in [0.15, 0.2) is 6.20 Å². The van der Waals surface area contributed by atoms with Crippen LogP contribution >= 0.6 is 11.6 Å². The second-order valence-electron chi connectivity index (χ2n) is 2.74. The molecule has 0 atom stereocenters. The fraction of sp³-hybridized carbons (Fsp3) is 0.333. The number of nitrogens with zero attached hydrogens (tertiary/aromatic N) is 2. The van der Waals surface area contributed by atoms with Crippen LogP contribution in [-0.2, 0) is 12.3 Å². The normalized spacial score (nSPS) is 10.4. The third kappa shape index (κ3) is 2.39. The molecule has 1 rings (SSSR count). The molecule has 0 N–H and O–H groups in total. The van der Waals surface area contributed by atoms with E-state index in [0.29, 0.717) is 0 Å². The predicted molar refractivity (Wildman–Crippen MR) is 48.0 cm³/mol. The van der Waals surface area contributed by atoms with Crippen molar-refractivity contribution in [3.8, 4) is 6.07 Å². The molecule has 0 aliphatic heterocycles. The molecule has 0 bridgehead atoms. The van der Waals surface area contributed by atoms with Crippen molar-refractivity contribution in [1.29, 1.82) is 5.26 Å². The molecule has 1 aromatic rings. The Morgan fingerprint density at radius 3 is 2.67 bits per heavy atom. The fourth-order valence-corrected chi connectivity index (χ4v) is 1.43. The highest BCUT2D eigenvalue weighted by Gasteiger charge is 2.21. The number of nitriles is 1. The van der Waals surface area contributed by atoms with Crippen molar-refractivity contribution in [3.05, 3.63) is 28.8 Å². The van der Waals surface area contributed by atoms with Crippen LogP contribution in [0.4, 0.5) is 13.2 Å². The molecule has 0 unspecified atom stereocenters. The van der Waals surface area contributed by atoms with Gasteiger partial charge in [0, 0.05) is 23.2 Å². The third-order valence-electron chi connectivity index (χ3n) is 1.87. The standard InChI is InChI=1S/C9H6ClF3N2/c10-3-5-4-15-9(13)6(1-2-14)7(5)8(11)12/h4,8H,1,3H2. The van der Waals surface area contributed by atoms with Gasteiger partial charge >= 0.3 is 0 Å². The third-order valence-corrected chi connectivity index (χ3v) is 2.16. The zero-order valence-corrected chi connectivity index (χ0v) is 8.23. The number of alkyl halides is 3. The van der Waals surface area contributed by atoms with Gasteiger partial charge in [-0.2, -0.15) is 9.65 Å². The van der Waals surface area contributed by atoms with E-state index in [-0.39, 0.29) is 17.0 Å². The Balaban J connectivity index is 3.38. The Morgan fingerprint density at radius 1 is 1.53 bits per heavy atom. The topological polar surface area (TPSA) is 36.7 Å². The van der Waals surface area contributed by atoms with E-state index in [1.54, 1.807) is 6.07 Å². The maximum Gasteiger partial charge on any atom is 0.264 e. The van der Waals surface area contributed by atoms with Gasteiger partial charge in [0.25, 0.3) is 6.43 Å². The van der Waals surface area contributed by atoms with Crippen LogP contribution < -0.4 is 0 Å². The van der Waals surface area contributed by atoms with Crippen molar-refractivity contribution in [2.24, 2.45) is 0 Å². The summed E-state index contributed by atoms with van der Waals surface area (Å²) in [6, 6.07) is 1.61. The van der Waals surface area contributed by atoms with Crippen LogP contribution in [0.5, 0.6) is 0 Å². The van der Waals surface area contributed by atoms with Crippen molar-refractivity contribution in [1.82, 2.24) is 4.98 Å². The molecule has 0 fully saturated rings. The van der Waals surface area contributed by atoms with Crippen LogP contribution in [0.25, 0.3) is 0 Å². The molecule has 1 aromatic heterocycles. The second-order valence-corrected chi connectivity index (χ2v) is 3.00. The molecule has 0 aliphatic rings. The largest absolute Gasteiger partial charge is 0.264 e. The highest BCUT2D eigenvalue weighted by molar-refractivity contribution is 6.17. The van der Waals surface area contributed by atoms with Gasteiger partial charge in [-0.15, -0.1) is 11.6 Å². The summed E-state index contributed by atoms with van der Waals surface area (Å²) in [5.74, 6) is -1.23. The maximum absolute atomic E-state index is 13.1. The second kappa shape index (κ2) is 4.99. The van der Waals surface area contributed by atoms with Gasteiger partial charge in [0.15, 0.2) is 0 Å². The first-order chi connectivity index (χ1) is 7.11. The lowest BCUT2D eigenvalue weighted by atomic mass is 10.0. The molecule has 15 heavy (non-hydrogen) atoms. The molecule has 0 saturated carbocycles. The summed E-state index contributed by atoms with van der Waals surface area (Å²) in [6.45, 7) is 0. The summed E-state index contributed by atoms with van der Waals surface area (Å²) in [4.78, 5) is 3.28. The molecule has 0 aromatic carbocycles. The van der Waals surface area contributed by atoms with Crippen LogP contribution in [0.1, 0.15) is 23.1 Å². The van der Waals surface area contributed by atoms with Crippen LogP contribution in [0.2, 0.25) is 0 Å². The van der Waals surface area contributed by atoms with E-state index in [9.17, 15) is 13.2 Å². The molecule has 1 heterocycles. The Hall–Kier alpha value is -1.28. The average Bonchev–Trinajstić information content (AvgIpc) is 2.20. The maximum atomic E-state index is 13.1. The Kier molecular flexibility index (Phi) is 3.92. The first-order valence-corrected chi connectivity index (χ1v) is 4.52. The quantitative estimate of drug-likeness (QED) is 0.596. The molecule has 0 aliphatic carbocycles. The van der Waals surface area contributed by atoms with E-state index in [0.717, 1.165) is 6.20 Å². The number of aromatic nitrogens is 1. The lowest BCUT2D eigenvalue weighted by Crippen LogP contribution is -2.05. The molecule has 0 saturated heterocycles. The summed E-state index contributed by atoms with van der Waals surface area (Å²) in [6.07, 6.45) is -2.34. The van der Waals surface area contributed by atoms with Crippen molar-refractivity contribution < 1.29 is 13.2 Å². The first kappa shape index (κ1) is 11.8. The Bertz CT molecular complexity index is 401. The fourth-order valence-electron chi connectivity index (χ4n) is 1.21. The van der Waals surface area contributed by atoms with Crippen LogP contribution in [-0.4, -0.2) is 4.98 Å². The van der Waals surface area contributed by atoms with Gasteiger partial charge in [-0.3, -0.25) is 0 Å². The minimum absolute atomic E-state index is 0.0540. The monoisotopic (exact) mass is 234 g/mol. The number of hydrogen-bond acceptors (Lipinski definition) is 2. The minimum atomic E-state index is -2.86. The molecule has 0 radical (unpaired) electrons. The van der Waals surface area contributed by atoms with Gasteiger partial charge in [0.05, 0.1) is 12.5 Å². The van der Waals surface area contributed by atoms with Gasteiger partial charge in [0.1, 0.15) is 0 Å². The highest BCUT2D eigenvalue weighted by Crippen LogP contribution is 2.28. The van der Waals surface area contributed by atoms with Gasteiger partial charge in [-0.1, -0.05) is 0 Å². The SMILES string of the molecule is N#CCc1c(F)ncc(CCl)c1C(F)F. The van der Waals surface area contributed by atoms with Crippen molar-refractivity contribution in [2.45, 2.75) is 18.7 Å². The van der Waals surface area contributed by atoms with E-state index >= 15 is 0 Å². The van der Waals surface area contributed by atoms with E-state index in [1.807, 2.05) is 0 Å². The van der Waals surface area contributed by atoms with Gasteiger partial charge in [-0.05, 0) is 5.56 Å².